The molecule has 0 bridgehead atoms. The highest BCUT2D eigenvalue weighted by Crippen LogP contribution is 2.10. The summed E-state index contributed by atoms with van der Waals surface area (Å²) in [5, 5.41) is 5.99. The number of amides is 1. The van der Waals surface area contributed by atoms with Gasteiger partial charge in [-0.05, 0) is 32.6 Å². The summed E-state index contributed by atoms with van der Waals surface area (Å²) >= 11 is 0. The zero-order chi connectivity index (χ0) is 13.4. The predicted molar refractivity (Wildman–Crippen MR) is 73.9 cm³/mol. The van der Waals surface area contributed by atoms with Gasteiger partial charge in [0, 0.05) is 25.8 Å². The number of carbonyl (C=O) groups is 1. The van der Waals surface area contributed by atoms with E-state index in [1.54, 1.807) is 18.3 Å². The van der Waals surface area contributed by atoms with Gasteiger partial charge < -0.3 is 15.5 Å². The van der Waals surface area contributed by atoms with Crippen molar-refractivity contribution in [1.82, 2.24) is 15.2 Å². The molecule has 0 aliphatic carbocycles. The van der Waals surface area contributed by atoms with E-state index in [0.717, 1.165) is 19.6 Å². The van der Waals surface area contributed by atoms with Crippen LogP contribution >= 0.6 is 0 Å². The zero-order valence-corrected chi connectivity index (χ0v) is 11.4. The summed E-state index contributed by atoms with van der Waals surface area (Å²) < 4.78 is 0. The number of hydrogen-bond donors (Lipinski definition) is 2. The largest absolute Gasteiger partial charge is 0.370 e. The van der Waals surface area contributed by atoms with Crippen molar-refractivity contribution in [2.75, 3.05) is 38.5 Å². The van der Waals surface area contributed by atoms with Crippen molar-refractivity contribution < 1.29 is 4.79 Å². The Labute approximate surface area is 109 Å². The Morgan fingerprint density at radius 3 is 2.89 bits per heavy atom. The molecule has 1 heterocycles. The second kappa shape index (κ2) is 7.66. The zero-order valence-electron chi connectivity index (χ0n) is 11.4. The molecule has 0 aliphatic heterocycles. The molecule has 1 rings (SSSR count). The molecule has 0 spiro atoms. The lowest BCUT2D eigenvalue weighted by atomic mass is 10.2. The lowest BCUT2D eigenvalue weighted by molar-refractivity contribution is 0.0950. The molecular weight excluding hydrogens is 228 g/mol. The van der Waals surface area contributed by atoms with Crippen LogP contribution in [0.25, 0.3) is 0 Å². The molecule has 0 aliphatic rings. The first kappa shape index (κ1) is 14.4. The topological polar surface area (TPSA) is 57.3 Å². The molecule has 0 aromatic carbocycles. The molecule has 0 unspecified atom stereocenters. The van der Waals surface area contributed by atoms with Crippen molar-refractivity contribution in [3.63, 3.8) is 0 Å². The van der Waals surface area contributed by atoms with Gasteiger partial charge in [-0.3, -0.25) is 4.79 Å². The number of carbonyl (C=O) groups excluding carboxylic acids is 1. The third-order valence-corrected chi connectivity index (χ3v) is 2.72. The third-order valence-electron chi connectivity index (χ3n) is 2.72. The number of likely N-dealkylation sites (N-methyl/N-ethyl adjacent to an activating group) is 1. The van der Waals surface area contributed by atoms with Crippen molar-refractivity contribution in [2.45, 2.75) is 13.8 Å². The lowest BCUT2D eigenvalue weighted by Crippen LogP contribution is -2.33. The molecule has 0 saturated carbocycles. The van der Waals surface area contributed by atoms with Crippen LogP contribution in [-0.2, 0) is 0 Å². The summed E-state index contributed by atoms with van der Waals surface area (Å²) in [7, 11) is 2.03. The standard InChI is InChI=1S/C13H22N4O/c1-4-14-12-11(7-6-8-15-12)13(18)16-9-10-17(3)5-2/h6-8H,4-5,9-10H2,1-3H3,(H,14,15)(H,16,18). The number of pyridine rings is 1. The minimum Gasteiger partial charge on any atom is -0.370 e. The molecule has 18 heavy (non-hydrogen) atoms. The number of hydrogen-bond acceptors (Lipinski definition) is 4. The Morgan fingerprint density at radius 2 is 2.22 bits per heavy atom. The van der Waals surface area contributed by atoms with E-state index in [0.29, 0.717) is 17.9 Å². The van der Waals surface area contributed by atoms with Crippen LogP contribution in [0.5, 0.6) is 0 Å². The molecular formula is C13H22N4O. The van der Waals surface area contributed by atoms with Gasteiger partial charge in [-0.2, -0.15) is 0 Å². The van der Waals surface area contributed by atoms with E-state index in [2.05, 4.69) is 27.4 Å². The first-order chi connectivity index (χ1) is 8.69. The number of nitrogens with zero attached hydrogens (tertiary/aromatic N) is 2. The molecule has 5 nitrogen and oxygen atoms in total. The SMILES string of the molecule is CCNc1ncccc1C(=O)NCCN(C)CC. The van der Waals surface area contributed by atoms with Gasteiger partial charge in [-0.15, -0.1) is 0 Å². The summed E-state index contributed by atoms with van der Waals surface area (Å²) in [6.45, 7) is 7.28. The minimum absolute atomic E-state index is 0.0800. The second-order valence-corrected chi connectivity index (χ2v) is 4.08. The molecule has 0 radical (unpaired) electrons. The van der Waals surface area contributed by atoms with Gasteiger partial charge in [0.05, 0.1) is 5.56 Å². The second-order valence-electron chi connectivity index (χ2n) is 4.08. The highest BCUT2D eigenvalue weighted by Gasteiger charge is 2.10. The Bertz CT molecular complexity index is 381. The maximum atomic E-state index is 12.0. The van der Waals surface area contributed by atoms with Crippen molar-refractivity contribution in [3.05, 3.63) is 23.9 Å². The van der Waals surface area contributed by atoms with Gasteiger partial charge >= 0.3 is 0 Å². The Balaban J connectivity index is 2.55. The fourth-order valence-electron chi connectivity index (χ4n) is 1.51. The summed E-state index contributed by atoms with van der Waals surface area (Å²) in [6.07, 6.45) is 1.68. The summed E-state index contributed by atoms with van der Waals surface area (Å²) in [5.41, 5.74) is 0.596. The van der Waals surface area contributed by atoms with Crippen LogP contribution in [0.4, 0.5) is 5.82 Å². The van der Waals surface area contributed by atoms with Gasteiger partial charge in [0.2, 0.25) is 0 Å². The molecule has 2 N–H and O–H groups in total. The maximum Gasteiger partial charge on any atom is 0.255 e. The van der Waals surface area contributed by atoms with E-state index in [1.807, 2.05) is 14.0 Å². The van der Waals surface area contributed by atoms with Gasteiger partial charge in [0.15, 0.2) is 0 Å². The molecule has 0 fully saturated rings. The summed E-state index contributed by atoms with van der Waals surface area (Å²) in [6, 6.07) is 3.55. The van der Waals surface area contributed by atoms with E-state index in [4.69, 9.17) is 0 Å². The van der Waals surface area contributed by atoms with Gasteiger partial charge in [0.1, 0.15) is 5.82 Å². The molecule has 0 saturated heterocycles. The van der Waals surface area contributed by atoms with E-state index in [-0.39, 0.29) is 5.91 Å². The van der Waals surface area contributed by atoms with Crippen LogP contribution in [0, 0.1) is 0 Å². The van der Waals surface area contributed by atoms with Crippen molar-refractivity contribution in [3.8, 4) is 0 Å². The fourth-order valence-corrected chi connectivity index (χ4v) is 1.51. The van der Waals surface area contributed by atoms with Crippen LogP contribution in [-0.4, -0.2) is 49.0 Å². The molecule has 1 aromatic heterocycles. The van der Waals surface area contributed by atoms with Crippen LogP contribution in [0.2, 0.25) is 0 Å². The molecule has 1 aromatic rings. The predicted octanol–water partition coefficient (Wildman–Crippen LogP) is 1.19. The lowest BCUT2D eigenvalue weighted by Gasteiger charge is -2.14. The maximum absolute atomic E-state index is 12.0. The van der Waals surface area contributed by atoms with Gasteiger partial charge in [-0.1, -0.05) is 6.92 Å². The van der Waals surface area contributed by atoms with E-state index in [1.165, 1.54) is 0 Å². The average Bonchev–Trinajstić information content (AvgIpc) is 2.39. The van der Waals surface area contributed by atoms with E-state index < -0.39 is 0 Å². The highest BCUT2D eigenvalue weighted by atomic mass is 16.1. The van der Waals surface area contributed by atoms with Crippen molar-refractivity contribution in [2.24, 2.45) is 0 Å². The van der Waals surface area contributed by atoms with Crippen LogP contribution in [0.3, 0.4) is 0 Å². The fraction of sp³-hybridized carbons (Fsp3) is 0.538. The van der Waals surface area contributed by atoms with Crippen molar-refractivity contribution >= 4 is 11.7 Å². The smallest absolute Gasteiger partial charge is 0.255 e. The normalized spacial score (nSPS) is 10.4. The van der Waals surface area contributed by atoms with Gasteiger partial charge in [0.25, 0.3) is 5.91 Å². The Morgan fingerprint density at radius 1 is 1.44 bits per heavy atom. The quantitative estimate of drug-likeness (QED) is 0.763. The Kier molecular flexibility index (Phi) is 6.14. The highest BCUT2D eigenvalue weighted by molar-refractivity contribution is 5.98. The first-order valence-corrected chi connectivity index (χ1v) is 6.34. The number of anilines is 1. The summed E-state index contributed by atoms with van der Waals surface area (Å²) in [5.74, 6) is 0.560. The van der Waals surface area contributed by atoms with E-state index >= 15 is 0 Å². The molecule has 5 heteroatoms. The van der Waals surface area contributed by atoms with Crippen LogP contribution in [0.15, 0.2) is 18.3 Å². The van der Waals surface area contributed by atoms with Crippen LogP contribution < -0.4 is 10.6 Å². The summed E-state index contributed by atoms with van der Waals surface area (Å²) in [4.78, 5) is 18.3. The van der Waals surface area contributed by atoms with Crippen molar-refractivity contribution in [1.29, 1.82) is 0 Å². The Hall–Kier alpha value is -1.62. The minimum atomic E-state index is -0.0800. The average molecular weight is 250 g/mol. The molecule has 0 atom stereocenters. The van der Waals surface area contributed by atoms with E-state index in [9.17, 15) is 4.79 Å². The molecule has 1 amide bonds. The third kappa shape index (κ3) is 4.33. The first-order valence-electron chi connectivity index (χ1n) is 6.34. The number of rotatable bonds is 7. The van der Waals surface area contributed by atoms with Gasteiger partial charge in [-0.25, -0.2) is 4.98 Å². The van der Waals surface area contributed by atoms with Crippen LogP contribution in [0.1, 0.15) is 24.2 Å². The number of aromatic nitrogens is 1. The molecule has 100 valence electrons. The number of nitrogens with one attached hydrogen (secondary N) is 2. The monoisotopic (exact) mass is 250 g/mol.